The first-order valence-electron chi connectivity index (χ1n) is 5.67. The average molecular weight is 237 g/mol. The van der Waals surface area contributed by atoms with E-state index in [0.717, 1.165) is 11.3 Å². The maximum Gasteiger partial charge on any atom is 0.119 e. The highest BCUT2D eigenvalue weighted by Crippen LogP contribution is 2.12. The Balaban J connectivity index is 2.41. The molecule has 4 heteroatoms. The van der Waals surface area contributed by atoms with Gasteiger partial charge in [0.2, 0.25) is 0 Å². The van der Waals surface area contributed by atoms with Crippen molar-refractivity contribution in [3.8, 4) is 5.75 Å². The number of hydrogen-bond donors (Lipinski definition) is 1. The fraction of sp³-hybridized carbons (Fsp3) is 0.462. The zero-order valence-corrected chi connectivity index (χ0v) is 10.5. The fourth-order valence-electron chi connectivity index (χ4n) is 1.29. The van der Waals surface area contributed by atoms with Gasteiger partial charge in [0.05, 0.1) is 18.4 Å². The molecule has 0 atom stereocenters. The first-order chi connectivity index (χ1) is 8.13. The first-order valence-corrected chi connectivity index (χ1v) is 5.67. The minimum atomic E-state index is 0.226. The molecule has 0 saturated carbocycles. The van der Waals surface area contributed by atoms with Gasteiger partial charge in [-0.15, -0.1) is 0 Å². The summed E-state index contributed by atoms with van der Waals surface area (Å²) in [4.78, 5) is 0. The summed E-state index contributed by atoms with van der Waals surface area (Å²) in [6, 6.07) is 7.40. The van der Waals surface area contributed by atoms with Crippen LogP contribution in [0, 0.1) is 0 Å². The van der Waals surface area contributed by atoms with E-state index in [1.807, 2.05) is 38.1 Å². The molecule has 4 nitrogen and oxygen atoms in total. The van der Waals surface area contributed by atoms with E-state index in [-0.39, 0.29) is 6.10 Å². The normalized spacial score (nSPS) is 11.9. The Morgan fingerprint density at radius 2 is 1.88 bits per heavy atom. The largest absolute Gasteiger partial charge is 0.491 e. The van der Waals surface area contributed by atoms with Crippen LogP contribution in [0.1, 0.15) is 26.3 Å². The smallest absolute Gasteiger partial charge is 0.119 e. The van der Waals surface area contributed by atoms with Gasteiger partial charge >= 0.3 is 0 Å². The van der Waals surface area contributed by atoms with Crippen LogP contribution in [0.5, 0.6) is 5.75 Å². The third-order valence-corrected chi connectivity index (χ3v) is 2.23. The van der Waals surface area contributed by atoms with E-state index in [1.54, 1.807) is 6.92 Å². The lowest BCUT2D eigenvalue weighted by Gasteiger charge is -2.09. The average Bonchev–Trinajstić information content (AvgIpc) is 2.34. The second-order valence-electron chi connectivity index (χ2n) is 3.98. The monoisotopic (exact) mass is 237 g/mol. The molecule has 0 heterocycles. The molecule has 0 unspecified atom stereocenters. The van der Waals surface area contributed by atoms with Crippen molar-refractivity contribution in [1.29, 1.82) is 0 Å². The van der Waals surface area contributed by atoms with Crippen molar-refractivity contribution < 1.29 is 14.7 Å². The Morgan fingerprint density at radius 3 is 2.41 bits per heavy atom. The van der Waals surface area contributed by atoms with Crippen LogP contribution in [0.4, 0.5) is 0 Å². The van der Waals surface area contributed by atoms with Gasteiger partial charge < -0.3 is 14.7 Å². The molecule has 0 aliphatic heterocycles. The van der Waals surface area contributed by atoms with E-state index >= 15 is 0 Å². The van der Waals surface area contributed by atoms with Crippen LogP contribution >= 0.6 is 0 Å². The van der Waals surface area contributed by atoms with Gasteiger partial charge in [-0.25, -0.2) is 0 Å². The molecule has 0 bridgehead atoms. The Kier molecular flexibility index (Phi) is 5.49. The molecule has 17 heavy (non-hydrogen) atoms. The molecule has 1 N–H and O–H groups in total. The molecule has 0 radical (unpaired) electrons. The summed E-state index contributed by atoms with van der Waals surface area (Å²) in [5.41, 5.74) is 1.46. The summed E-state index contributed by atoms with van der Waals surface area (Å²) in [5.74, 6) is 0.784. The Morgan fingerprint density at radius 1 is 1.24 bits per heavy atom. The molecule has 0 saturated heterocycles. The van der Waals surface area contributed by atoms with Crippen LogP contribution in [0.3, 0.4) is 0 Å². The van der Waals surface area contributed by atoms with Gasteiger partial charge in [-0.3, -0.25) is 0 Å². The predicted molar refractivity (Wildman–Crippen MR) is 67.0 cm³/mol. The molecule has 0 aliphatic rings. The van der Waals surface area contributed by atoms with Crippen molar-refractivity contribution in [3.05, 3.63) is 29.8 Å². The summed E-state index contributed by atoms with van der Waals surface area (Å²) >= 11 is 0. The molecular formula is C13H19NO3. The standard InChI is InChI=1S/C13H19NO3/c1-10(2)16-8-9-17-13-6-4-12(5-7-13)11(3)14-15/h4-7,10,15H,8-9H2,1-3H3/b14-11+. The topological polar surface area (TPSA) is 51.1 Å². The molecule has 0 spiro atoms. The molecule has 1 aromatic rings. The van der Waals surface area contributed by atoms with Gasteiger partial charge in [-0.2, -0.15) is 0 Å². The van der Waals surface area contributed by atoms with E-state index in [1.165, 1.54) is 0 Å². The summed E-state index contributed by atoms with van der Waals surface area (Å²) in [5, 5.41) is 11.8. The molecule has 94 valence electrons. The second kappa shape index (κ2) is 6.91. The van der Waals surface area contributed by atoms with E-state index in [9.17, 15) is 0 Å². The first kappa shape index (κ1) is 13.5. The molecule has 1 rings (SSSR count). The van der Waals surface area contributed by atoms with Crippen molar-refractivity contribution >= 4 is 5.71 Å². The number of benzene rings is 1. The third-order valence-electron chi connectivity index (χ3n) is 2.23. The molecular weight excluding hydrogens is 218 g/mol. The van der Waals surface area contributed by atoms with Crippen molar-refractivity contribution in [2.24, 2.45) is 5.16 Å². The predicted octanol–water partition coefficient (Wildman–Crippen LogP) is 2.69. The zero-order valence-electron chi connectivity index (χ0n) is 10.5. The van der Waals surface area contributed by atoms with Gasteiger partial charge in [-0.05, 0) is 50.6 Å². The number of oxime groups is 1. The lowest BCUT2D eigenvalue weighted by Crippen LogP contribution is -2.11. The van der Waals surface area contributed by atoms with E-state index in [2.05, 4.69) is 5.16 Å². The van der Waals surface area contributed by atoms with Crippen molar-refractivity contribution in [3.63, 3.8) is 0 Å². The maximum atomic E-state index is 8.62. The number of nitrogens with zero attached hydrogens (tertiary/aromatic N) is 1. The van der Waals surface area contributed by atoms with Gasteiger partial charge in [0.15, 0.2) is 0 Å². The lowest BCUT2D eigenvalue weighted by molar-refractivity contribution is 0.0553. The van der Waals surface area contributed by atoms with Crippen molar-refractivity contribution in [2.75, 3.05) is 13.2 Å². The third kappa shape index (κ3) is 4.87. The summed E-state index contributed by atoms with van der Waals surface area (Å²) in [6.07, 6.45) is 0.226. The van der Waals surface area contributed by atoms with E-state index in [4.69, 9.17) is 14.7 Å². The van der Waals surface area contributed by atoms with E-state index < -0.39 is 0 Å². The quantitative estimate of drug-likeness (QED) is 0.358. The summed E-state index contributed by atoms with van der Waals surface area (Å²) in [6.45, 7) is 6.84. The highest BCUT2D eigenvalue weighted by atomic mass is 16.5. The zero-order chi connectivity index (χ0) is 12.7. The molecule has 0 aromatic heterocycles. The van der Waals surface area contributed by atoms with Gasteiger partial charge in [0, 0.05) is 0 Å². The van der Waals surface area contributed by atoms with Gasteiger partial charge in [0.1, 0.15) is 12.4 Å². The molecule has 0 fully saturated rings. The number of hydrogen-bond acceptors (Lipinski definition) is 4. The molecule has 0 amide bonds. The fourth-order valence-corrected chi connectivity index (χ4v) is 1.29. The number of ether oxygens (including phenoxy) is 2. The molecule has 1 aromatic carbocycles. The van der Waals surface area contributed by atoms with Crippen LogP contribution in [-0.4, -0.2) is 30.2 Å². The Hall–Kier alpha value is -1.55. The number of rotatable bonds is 6. The minimum Gasteiger partial charge on any atom is -0.491 e. The Labute approximate surface area is 102 Å². The van der Waals surface area contributed by atoms with Crippen LogP contribution in [0.25, 0.3) is 0 Å². The van der Waals surface area contributed by atoms with E-state index in [0.29, 0.717) is 18.9 Å². The van der Waals surface area contributed by atoms with Crippen LogP contribution in [-0.2, 0) is 4.74 Å². The van der Waals surface area contributed by atoms with Crippen molar-refractivity contribution in [1.82, 2.24) is 0 Å². The van der Waals surface area contributed by atoms with Gasteiger partial charge in [-0.1, -0.05) is 5.16 Å². The molecule has 0 aliphatic carbocycles. The highest BCUT2D eigenvalue weighted by Gasteiger charge is 1.99. The maximum absolute atomic E-state index is 8.62. The van der Waals surface area contributed by atoms with Crippen LogP contribution < -0.4 is 4.74 Å². The van der Waals surface area contributed by atoms with Crippen LogP contribution in [0.15, 0.2) is 29.4 Å². The summed E-state index contributed by atoms with van der Waals surface area (Å²) < 4.78 is 10.9. The second-order valence-corrected chi connectivity index (χ2v) is 3.98. The highest BCUT2D eigenvalue weighted by molar-refractivity contribution is 5.98. The van der Waals surface area contributed by atoms with Gasteiger partial charge in [0.25, 0.3) is 0 Å². The Bertz CT molecular complexity index is 357. The summed E-state index contributed by atoms with van der Waals surface area (Å²) in [7, 11) is 0. The SMILES string of the molecule is C/C(=N\O)c1ccc(OCCOC(C)C)cc1. The van der Waals surface area contributed by atoms with Crippen LogP contribution in [0.2, 0.25) is 0 Å². The lowest BCUT2D eigenvalue weighted by atomic mass is 10.1. The van der Waals surface area contributed by atoms with Crippen molar-refractivity contribution in [2.45, 2.75) is 26.9 Å². The minimum absolute atomic E-state index is 0.226.